The van der Waals surface area contributed by atoms with Crippen LogP contribution in [0.3, 0.4) is 0 Å². The molecule has 0 saturated heterocycles. The van der Waals surface area contributed by atoms with Gasteiger partial charge in [0.1, 0.15) is 12.4 Å². The minimum Gasteiger partial charge on any atom is -0.488 e. The normalized spacial score (nSPS) is 12.2. The van der Waals surface area contributed by atoms with Gasteiger partial charge in [0.2, 0.25) is 0 Å². The summed E-state index contributed by atoms with van der Waals surface area (Å²) in [7, 11) is 0. The number of rotatable bonds is 5. The maximum Gasteiger partial charge on any atom is 0.134 e. The lowest BCUT2D eigenvalue weighted by Crippen LogP contribution is -2.18. The number of ether oxygens (including phenoxy) is 1. The molecule has 0 aliphatic rings. The van der Waals surface area contributed by atoms with E-state index >= 15 is 0 Å². The highest BCUT2D eigenvalue weighted by molar-refractivity contribution is 9.10. The van der Waals surface area contributed by atoms with Gasteiger partial charge in [-0.05, 0) is 53.4 Å². The average Bonchev–Trinajstić information content (AvgIpc) is 2.18. The molecule has 0 heterocycles. The summed E-state index contributed by atoms with van der Waals surface area (Å²) in [6, 6.07) is 6.13. The summed E-state index contributed by atoms with van der Waals surface area (Å²) in [5.41, 5.74) is 7.97. The lowest BCUT2D eigenvalue weighted by Gasteiger charge is -2.12. The standard InChI is InChI=1S/C13H18BrNO/c1-9(2)8-16-12-6-4-5-11(13(12)14)7-10(3)15/h4-6,10H,1,7-8,15H2,2-3H3. The Morgan fingerprint density at radius 2 is 2.25 bits per heavy atom. The third kappa shape index (κ3) is 3.99. The highest BCUT2D eigenvalue weighted by Gasteiger charge is 2.08. The molecule has 0 saturated carbocycles. The first-order valence-corrected chi connectivity index (χ1v) is 6.10. The SMILES string of the molecule is C=C(C)COc1cccc(CC(C)N)c1Br. The second-order valence-corrected chi connectivity index (χ2v) is 4.95. The predicted molar refractivity (Wildman–Crippen MR) is 71.8 cm³/mol. The largest absolute Gasteiger partial charge is 0.488 e. The number of nitrogens with two attached hydrogens (primary N) is 1. The van der Waals surface area contributed by atoms with Crippen molar-refractivity contribution in [3.05, 3.63) is 40.4 Å². The van der Waals surface area contributed by atoms with Crippen LogP contribution in [0.15, 0.2) is 34.8 Å². The first kappa shape index (κ1) is 13.3. The fourth-order valence-electron chi connectivity index (χ4n) is 1.37. The van der Waals surface area contributed by atoms with Crippen LogP contribution in [0.25, 0.3) is 0 Å². The molecule has 0 radical (unpaired) electrons. The van der Waals surface area contributed by atoms with Gasteiger partial charge in [0.05, 0.1) is 4.47 Å². The van der Waals surface area contributed by atoms with Crippen molar-refractivity contribution in [2.45, 2.75) is 26.3 Å². The fourth-order valence-corrected chi connectivity index (χ4v) is 1.91. The lowest BCUT2D eigenvalue weighted by molar-refractivity contribution is 0.350. The summed E-state index contributed by atoms with van der Waals surface area (Å²) >= 11 is 3.55. The van der Waals surface area contributed by atoms with Gasteiger partial charge in [-0.25, -0.2) is 0 Å². The molecule has 0 bridgehead atoms. The molecule has 3 heteroatoms. The lowest BCUT2D eigenvalue weighted by atomic mass is 10.1. The van der Waals surface area contributed by atoms with Gasteiger partial charge in [-0.2, -0.15) is 0 Å². The van der Waals surface area contributed by atoms with E-state index in [1.165, 1.54) is 5.56 Å². The Labute approximate surface area is 106 Å². The first-order chi connectivity index (χ1) is 7.50. The molecule has 2 nitrogen and oxygen atoms in total. The van der Waals surface area contributed by atoms with Crippen LogP contribution in [-0.2, 0) is 6.42 Å². The topological polar surface area (TPSA) is 35.2 Å². The fraction of sp³-hybridized carbons (Fsp3) is 0.385. The van der Waals surface area contributed by atoms with Crippen LogP contribution in [0.2, 0.25) is 0 Å². The quantitative estimate of drug-likeness (QED) is 0.842. The monoisotopic (exact) mass is 283 g/mol. The maximum absolute atomic E-state index is 5.79. The third-order valence-electron chi connectivity index (χ3n) is 2.06. The Morgan fingerprint density at radius 3 is 2.81 bits per heavy atom. The average molecular weight is 284 g/mol. The molecule has 0 aromatic heterocycles. The molecular weight excluding hydrogens is 266 g/mol. The molecule has 1 unspecified atom stereocenters. The summed E-state index contributed by atoms with van der Waals surface area (Å²) in [5, 5.41) is 0. The zero-order chi connectivity index (χ0) is 12.1. The van der Waals surface area contributed by atoms with Crippen LogP contribution in [0.1, 0.15) is 19.4 Å². The Bertz CT molecular complexity index is 374. The number of hydrogen-bond donors (Lipinski definition) is 1. The van der Waals surface area contributed by atoms with Crippen LogP contribution in [0, 0.1) is 0 Å². The summed E-state index contributed by atoms with van der Waals surface area (Å²) in [5.74, 6) is 0.848. The van der Waals surface area contributed by atoms with E-state index in [1.807, 2.05) is 26.0 Å². The molecular formula is C13H18BrNO. The molecule has 1 rings (SSSR count). The summed E-state index contributed by atoms with van der Waals surface area (Å²) in [6.07, 6.45) is 0.838. The smallest absolute Gasteiger partial charge is 0.134 e. The zero-order valence-electron chi connectivity index (χ0n) is 9.79. The molecule has 2 N–H and O–H groups in total. The molecule has 0 fully saturated rings. The van der Waals surface area contributed by atoms with E-state index in [9.17, 15) is 0 Å². The highest BCUT2D eigenvalue weighted by atomic mass is 79.9. The van der Waals surface area contributed by atoms with Crippen molar-refractivity contribution in [3.8, 4) is 5.75 Å². The summed E-state index contributed by atoms with van der Waals surface area (Å²) < 4.78 is 6.63. The van der Waals surface area contributed by atoms with Crippen LogP contribution >= 0.6 is 15.9 Å². The molecule has 0 aliphatic carbocycles. The van der Waals surface area contributed by atoms with Crippen molar-refractivity contribution in [2.24, 2.45) is 5.73 Å². The Balaban J connectivity index is 2.81. The van der Waals surface area contributed by atoms with Gasteiger partial charge in [0.25, 0.3) is 0 Å². The Kier molecular flexibility index (Phi) is 5.03. The zero-order valence-corrected chi connectivity index (χ0v) is 11.4. The van der Waals surface area contributed by atoms with Crippen molar-refractivity contribution in [2.75, 3.05) is 6.61 Å². The molecule has 0 aliphatic heterocycles. The van der Waals surface area contributed by atoms with Crippen molar-refractivity contribution < 1.29 is 4.74 Å². The molecule has 0 amide bonds. The highest BCUT2D eigenvalue weighted by Crippen LogP contribution is 2.29. The van der Waals surface area contributed by atoms with Gasteiger partial charge in [0.15, 0.2) is 0 Å². The van der Waals surface area contributed by atoms with E-state index in [-0.39, 0.29) is 6.04 Å². The van der Waals surface area contributed by atoms with Crippen LogP contribution in [0.4, 0.5) is 0 Å². The number of benzene rings is 1. The molecule has 1 aromatic rings. The summed E-state index contributed by atoms with van der Waals surface area (Å²) in [4.78, 5) is 0. The molecule has 1 aromatic carbocycles. The Morgan fingerprint density at radius 1 is 1.56 bits per heavy atom. The van der Waals surface area contributed by atoms with Gasteiger partial charge < -0.3 is 10.5 Å². The van der Waals surface area contributed by atoms with E-state index in [1.54, 1.807) is 0 Å². The number of halogens is 1. The second-order valence-electron chi connectivity index (χ2n) is 4.16. The van der Waals surface area contributed by atoms with Crippen molar-refractivity contribution in [3.63, 3.8) is 0 Å². The van der Waals surface area contributed by atoms with Gasteiger partial charge in [-0.3, -0.25) is 0 Å². The minimum absolute atomic E-state index is 0.146. The van der Waals surface area contributed by atoms with Gasteiger partial charge in [-0.1, -0.05) is 18.7 Å². The minimum atomic E-state index is 0.146. The molecule has 88 valence electrons. The van der Waals surface area contributed by atoms with E-state index in [0.717, 1.165) is 22.2 Å². The predicted octanol–water partition coefficient (Wildman–Crippen LogP) is 3.29. The number of hydrogen-bond acceptors (Lipinski definition) is 2. The second kappa shape index (κ2) is 6.06. The van der Waals surface area contributed by atoms with Crippen molar-refractivity contribution in [1.29, 1.82) is 0 Å². The first-order valence-electron chi connectivity index (χ1n) is 5.31. The van der Waals surface area contributed by atoms with Crippen molar-refractivity contribution >= 4 is 15.9 Å². The van der Waals surface area contributed by atoms with E-state index in [2.05, 4.69) is 28.6 Å². The van der Waals surface area contributed by atoms with Crippen LogP contribution in [0.5, 0.6) is 5.75 Å². The van der Waals surface area contributed by atoms with Crippen LogP contribution < -0.4 is 10.5 Å². The van der Waals surface area contributed by atoms with E-state index in [0.29, 0.717) is 6.61 Å². The molecule has 0 spiro atoms. The van der Waals surface area contributed by atoms with Crippen molar-refractivity contribution in [1.82, 2.24) is 0 Å². The summed E-state index contributed by atoms with van der Waals surface area (Å²) in [6.45, 7) is 8.29. The third-order valence-corrected chi connectivity index (χ3v) is 2.96. The van der Waals surface area contributed by atoms with E-state index in [4.69, 9.17) is 10.5 Å². The van der Waals surface area contributed by atoms with Gasteiger partial charge in [0, 0.05) is 6.04 Å². The maximum atomic E-state index is 5.79. The molecule has 16 heavy (non-hydrogen) atoms. The van der Waals surface area contributed by atoms with Gasteiger partial charge >= 0.3 is 0 Å². The molecule has 1 atom stereocenters. The van der Waals surface area contributed by atoms with Crippen LogP contribution in [-0.4, -0.2) is 12.6 Å². The van der Waals surface area contributed by atoms with Gasteiger partial charge in [-0.15, -0.1) is 0 Å². The van der Waals surface area contributed by atoms with E-state index < -0.39 is 0 Å². The Hall–Kier alpha value is -0.800.